The molecular formula is C11H16IN5. The van der Waals surface area contributed by atoms with E-state index < -0.39 is 0 Å². The van der Waals surface area contributed by atoms with Crippen LogP contribution >= 0.6 is 22.6 Å². The molecule has 0 aliphatic heterocycles. The topological polar surface area (TPSA) is 61.7 Å². The molecule has 0 bridgehead atoms. The summed E-state index contributed by atoms with van der Waals surface area (Å²) < 4.78 is 4.98. The van der Waals surface area contributed by atoms with Gasteiger partial charge in [-0.3, -0.25) is 0 Å². The van der Waals surface area contributed by atoms with Crippen molar-refractivity contribution in [1.82, 2.24) is 19.3 Å². The molecule has 0 unspecified atom stereocenters. The summed E-state index contributed by atoms with van der Waals surface area (Å²) in [7, 11) is 0. The molecule has 0 saturated heterocycles. The van der Waals surface area contributed by atoms with Crippen molar-refractivity contribution < 1.29 is 0 Å². The van der Waals surface area contributed by atoms with Gasteiger partial charge in [-0.1, -0.05) is 0 Å². The van der Waals surface area contributed by atoms with Crippen LogP contribution in [0.25, 0.3) is 0 Å². The van der Waals surface area contributed by atoms with E-state index in [1.54, 1.807) is 0 Å². The van der Waals surface area contributed by atoms with Crippen molar-refractivity contribution >= 4 is 28.4 Å². The average molecular weight is 345 g/mol. The second-order valence-electron chi connectivity index (χ2n) is 4.33. The molecule has 0 aliphatic carbocycles. The molecule has 0 atom stereocenters. The Balaban J connectivity index is 2.32. The monoisotopic (exact) mass is 345 g/mol. The number of nitrogens with zero attached hydrogens (tertiary/aromatic N) is 4. The minimum atomic E-state index is 0.393. The van der Waals surface area contributed by atoms with E-state index >= 15 is 0 Å². The lowest BCUT2D eigenvalue weighted by Crippen LogP contribution is -2.11. The minimum Gasteiger partial charge on any atom is -0.383 e. The molecule has 0 aromatic carbocycles. The number of aromatic nitrogens is 4. The van der Waals surface area contributed by atoms with Crippen molar-refractivity contribution in [1.29, 1.82) is 0 Å². The van der Waals surface area contributed by atoms with Crippen molar-refractivity contribution in [2.75, 3.05) is 5.73 Å². The molecule has 0 amide bonds. The third-order valence-electron chi connectivity index (χ3n) is 2.71. The van der Waals surface area contributed by atoms with Crippen LogP contribution in [0.3, 0.4) is 0 Å². The lowest BCUT2D eigenvalue weighted by Gasteiger charge is -2.12. The summed E-state index contributed by atoms with van der Waals surface area (Å²) in [4.78, 5) is 4.18. The highest BCUT2D eigenvalue weighted by molar-refractivity contribution is 14.1. The molecule has 6 heteroatoms. The van der Waals surface area contributed by atoms with E-state index in [0.29, 0.717) is 12.6 Å². The molecule has 0 fully saturated rings. The highest BCUT2D eigenvalue weighted by Gasteiger charge is 2.12. The predicted molar refractivity (Wildman–Crippen MR) is 75.8 cm³/mol. The van der Waals surface area contributed by atoms with Crippen LogP contribution in [0.5, 0.6) is 0 Å². The Bertz CT molecular complexity index is 526. The molecular weight excluding hydrogens is 329 g/mol. The molecule has 5 nitrogen and oxygen atoms in total. The molecule has 2 aromatic heterocycles. The van der Waals surface area contributed by atoms with Crippen LogP contribution < -0.4 is 5.73 Å². The van der Waals surface area contributed by atoms with Gasteiger partial charge in [-0.2, -0.15) is 5.10 Å². The molecule has 0 saturated carbocycles. The Morgan fingerprint density at radius 3 is 2.71 bits per heavy atom. The molecule has 2 rings (SSSR count). The maximum absolute atomic E-state index is 6.01. The van der Waals surface area contributed by atoms with Gasteiger partial charge < -0.3 is 10.3 Å². The second-order valence-corrected chi connectivity index (χ2v) is 5.41. The van der Waals surface area contributed by atoms with Crippen LogP contribution in [0.15, 0.2) is 12.5 Å². The molecule has 2 aromatic rings. The van der Waals surface area contributed by atoms with Gasteiger partial charge in [-0.25, -0.2) is 9.67 Å². The predicted octanol–water partition coefficient (Wildman–Crippen LogP) is 2.20. The Labute approximate surface area is 114 Å². The first-order valence-corrected chi connectivity index (χ1v) is 6.57. The molecule has 2 heterocycles. The Morgan fingerprint density at radius 2 is 2.18 bits per heavy atom. The number of halogens is 1. The van der Waals surface area contributed by atoms with Crippen LogP contribution in [-0.2, 0) is 6.54 Å². The van der Waals surface area contributed by atoms with Crippen molar-refractivity contribution in [3.8, 4) is 0 Å². The number of anilines is 1. The fraction of sp³-hybridized carbons (Fsp3) is 0.455. The number of hydrogen-bond acceptors (Lipinski definition) is 3. The summed E-state index contributed by atoms with van der Waals surface area (Å²) >= 11 is 2.22. The van der Waals surface area contributed by atoms with Crippen LogP contribution in [-0.4, -0.2) is 19.3 Å². The zero-order chi connectivity index (χ0) is 12.6. The molecule has 0 aliphatic rings. The number of rotatable bonds is 3. The van der Waals surface area contributed by atoms with Crippen LogP contribution in [0.4, 0.5) is 5.82 Å². The zero-order valence-corrected chi connectivity index (χ0v) is 12.3. The Kier molecular flexibility index (Phi) is 3.41. The van der Waals surface area contributed by atoms with Crippen molar-refractivity contribution in [3.63, 3.8) is 0 Å². The normalized spacial score (nSPS) is 11.4. The standard InChI is InChI=1S/C11H16IN5/c1-7(2)16-6-14-4-9(16)5-17-11(13)10(12)8(3)15-17/h4,6-7H,5,13H2,1-3H3. The summed E-state index contributed by atoms with van der Waals surface area (Å²) in [6.07, 6.45) is 3.71. The maximum Gasteiger partial charge on any atom is 0.135 e. The fourth-order valence-electron chi connectivity index (χ4n) is 1.77. The van der Waals surface area contributed by atoms with Crippen LogP contribution in [0.2, 0.25) is 0 Å². The van der Waals surface area contributed by atoms with E-state index in [4.69, 9.17) is 5.73 Å². The van der Waals surface area contributed by atoms with E-state index in [1.807, 2.05) is 24.1 Å². The van der Waals surface area contributed by atoms with Gasteiger partial charge in [-0.05, 0) is 43.4 Å². The number of nitrogens with two attached hydrogens (primary N) is 1. The van der Waals surface area contributed by atoms with Crippen molar-refractivity contribution in [2.24, 2.45) is 0 Å². The maximum atomic E-state index is 6.01. The van der Waals surface area contributed by atoms with Crippen LogP contribution in [0.1, 0.15) is 31.3 Å². The molecule has 92 valence electrons. The van der Waals surface area contributed by atoms with Gasteiger partial charge in [0.25, 0.3) is 0 Å². The van der Waals surface area contributed by atoms with Gasteiger partial charge in [0.2, 0.25) is 0 Å². The first-order valence-electron chi connectivity index (χ1n) is 5.49. The SMILES string of the molecule is Cc1nn(Cc2cncn2C(C)C)c(N)c1I. The number of imidazole rings is 1. The molecule has 0 radical (unpaired) electrons. The zero-order valence-electron chi connectivity index (χ0n) is 10.2. The van der Waals surface area contributed by atoms with Gasteiger partial charge in [-0.15, -0.1) is 0 Å². The fourth-order valence-corrected chi connectivity index (χ4v) is 2.16. The number of nitrogen functional groups attached to an aromatic ring is 1. The lowest BCUT2D eigenvalue weighted by atomic mass is 10.3. The summed E-state index contributed by atoms with van der Waals surface area (Å²) in [5.41, 5.74) is 8.10. The summed E-state index contributed by atoms with van der Waals surface area (Å²) in [5, 5.41) is 4.43. The highest BCUT2D eigenvalue weighted by atomic mass is 127. The first-order chi connectivity index (χ1) is 8.00. The van der Waals surface area contributed by atoms with E-state index in [-0.39, 0.29) is 0 Å². The third kappa shape index (κ3) is 2.31. The molecule has 2 N–H and O–H groups in total. The lowest BCUT2D eigenvalue weighted by molar-refractivity contribution is 0.549. The quantitative estimate of drug-likeness (QED) is 0.868. The van der Waals surface area contributed by atoms with Gasteiger partial charge >= 0.3 is 0 Å². The summed E-state index contributed by atoms with van der Waals surface area (Å²) in [5.74, 6) is 0.722. The third-order valence-corrected chi connectivity index (χ3v) is 4.04. The second kappa shape index (κ2) is 4.67. The highest BCUT2D eigenvalue weighted by Crippen LogP contribution is 2.20. The number of hydrogen-bond donors (Lipinski definition) is 1. The van der Waals surface area contributed by atoms with Gasteiger partial charge in [0.15, 0.2) is 0 Å². The van der Waals surface area contributed by atoms with Gasteiger partial charge in [0.1, 0.15) is 5.82 Å². The van der Waals surface area contributed by atoms with Crippen molar-refractivity contribution in [2.45, 2.75) is 33.4 Å². The Morgan fingerprint density at radius 1 is 1.47 bits per heavy atom. The molecule has 17 heavy (non-hydrogen) atoms. The van der Waals surface area contributed by atoms with Gasteiger partial charge in [0.05, 0.1) is 34.0 Å². The first kappa shape index (κ1) is 12.4. The Hall–Kier alpha value is -1.05. The van der Waals surface area contributed by atoms with Crippen LogP contribution in [0, 0.1) is 10.5 Å². The van der Waals surface area contributed by atoms with E-state index in [0.717, 1.165) is 20.8 Å². The smallest absolute Gasteiger partial charge is 0.135 e. The largest absolute Gasteiger partial charge is 0.383 e. The summed E-state index contributed by atoms with van der Waals surface area (Å²) in [6, 6.07) is 0.393. The molecule has 0 spiro atoms. The van der Waals surface area contributed by atoms with Crippen molar-refractivity contribution in [3.05, 3.63) is 27.5 Å². The number of aryl methyl sites for hydroxylation is 1. The minimum absolute atomic E-state index is 0.393. The summed E-state index contributed by atoms with van der Waals surface area (Å²) in [6.45, 7) is 6.89. The van der Waals surface area contributed by atoms with E-state index in [1.165, 1.54) is 0 Å². The van der Waals surface area contributed by atoms with E-state index in [2.05, 4.69) is 51.1 Å². The van der Waals surface area contributed by atoms with Gasteiger partial charge in [0, 0.05) is 6.04 Å². The van der Waals surface area contributed by atoms with E-state index in [9.17, 15) is 0 Å². The average Bonchev–Trinajstić information content (AvgIpc) is 2.81.